The minimum atomic E-state index is -0.264. The van der Waals surface area contributed by atoms with Crippen LogP contribution in [0, 0.1) is 0 Å². The standard InChI is InChI=1S/C58H78B2N6/c1-37(2)45-23-19-24-46(38(3)4)55(45)63-33-34-64(56-47(39(5)6)25-20-26-48(56)40(7)8)59(63)61-53-31-17-18-32-54(53)62-60-65(57-49(41(9)10)27-21-28-50(57)42(11)12)35-36-66(60)58-51(43(13)14)29-22-30-52(58)44(15)16/h17-44,61-62H,1-16H3. The zero-order valence-electron chi connectivity index (χ0n) is 43.1. The van der Waals surface area contributed by atoms with Gasteiger partial charge in [-0.2, -0.15) is 0 Å². The third kappa shape index (κ3) is 9.40. The number of nitrogens with zero attached hydrogens (tertiary/aromatic N) is 4. The van der Waals surface area contributed by atoms with E-state index in [1.165, 1.54) is 67.3 Å². The van der Waals surface area contributed by atoms with Gasteiger partial charge in [0.15, 0.2) is 0 Å². The molecule has 0 saturated heterocycles. The number of benzene rings is 5. The molecule has 66 heavy (non-hydrogen) atoms. The monoisotopic (exact) mass is 881 g/mol. The lowest BCUT2D eigenvalue weighted by molar-refractivity contribution is 0.831. The second-order valence-electron chi connectivity index (χ2n) is 21.2. The van der Waals surface area contributed by atoms with E-state index in [1.54, 1.807) is 0 Å². The van der Waals surface area contributed by atoms with E-state index in [-0.39, 0.29) is 14.2 Å². The van der Waals surface area contributed by atoms with Crippen LogP contribution in [0.3, 0.4) is 0 Å². The number of hydrogen-bond donors (Lipinski definition) is 2. The molecule has 346 valence electrons. The summed E-state index contributed by atoms with van der Waals surface area (Å²) in [5.41, 5.74) is 18.0. The third-order valence-electron chi connectivity index (χ3n) is 13.7. The molecule has 0 atom stereocenters. The SMILES string of the molecule is CC(C)c1cccc(C(C)C)c1N1C=CN(c2c(C(C)C)cccc2C(C)C)B1Nc1ccccc1NB1N(c2c(C(C)C)cccc2C(C)C)C=CN1c1c(C(C)C)cccc1C(C)C. The first-order chi connectivity index (χ1) is 31.4. The maximum Gasteiger partial charge on any atom is 0.510 e. The Morgan fingerprint density at radius 2 is 0.455 bits per heavy atom. The van der Waals surface area contributed by atoms with E-state index in [1.807, 2.05) is 0 Å². The minimum Gasteiger partial charge on any atom is -0.387 e. The molecule has 8 heteroatoms. The fourth-order valence-electron chi connectivity index (χ4n) is 10.2. The first kappa shape index (κ1) is 48.4. The van der Waals surface area contributed by atoms with Gasteiger partial charge in [-0.3, -0.25) is 0 Å². The van der Waals surface area contributed by atoms with Crippen LogP contribution in [0.2, 0.25) is 0 Å². The highest BCUT2D eigenvalue weighted by Gasteiger charge is 2.43. The predicted octanol–water partition coefficient (Wildman–Crippen LogP) is 16.5. The van der Waals surface area contributed by atoms with Crippen molar-refractivity contribution >= 4 is 48.4 Å². The highest BCUT2D eigenvalue weighted by atomic mass is 15.3. The maximum atomic E-state index is 4.24. The van der Waals surface area contributed by atoms with Crippen LogP contribution in [0.1, 0.15) is 203 Å². The number of hydrogen-bond acceptors (Lipinski definition) is 6. The van der Waals surface area contributed by atoms with Crippen LogP contribution in [0.15, 0.2) is 122 Å². The maximum absolute atomic E-state index is 4.24. The van der Waals surface area contributed by atoms with Crippen molar-refractivity contribution in [3.63, 3.8) is 0 Å². The lowest BCUT2D eigenvalue weighted by atomic mass is 9.79. The van der Waals surface area contributed by atoms with Gasteiger partial charge in [0.25, 0.3) is 0 Å². The van der Waals surface area contributed by atoms with E-state index in [2.05, 4.69) is 262 Å². The molecule has 0 unspecified atom stereocenters. The van der Waals surface area contributed by atoms with E-state index >= 15 is 0 Å². The van der Waals surface area contributed by atoms with Crippen LogP contribution in [0.4, 0.5) is 34.1 Å². The van der Waals surface area contributed by atoms with Gasteiger partial charge in [-0.25, -0.2) is 0 Å². The molecule has 2 N–H and O–H groups in total. The number of rotatable bonds is 16. The van der Waals surface area contributed by atoms with Crippen molar-refractivity contribution in [2.75, 3.05) is 29.7 Å². The lowest BCUT2D eigenvalue weighted by Gasteiger charge is -2.37. The Bertz CT molecular complexity index is 2110. The van der Waals surface area contributed by atoms with Crippen LogP contribution in [-0.4, -0.2) is 14.2 Å². The summed E-state index contributed by atoms with van der Waals surface area (Å²) in [6.07, 6.45) is 9.27. The van der Waals surface area contributed by atoms with Gasteiger partial charge in [0.1, 0.15) is 0 Å². The number of anilines is 6. The molecular formula is C58H78B2N6. The van der Waals surface area contributed by atoms with Gasteiger partial charge in [-0.1, -0.05) is 196 Å². The van der Waals surface area contributed by atoms with Crippen LogP contribution in [0.5, 0.6) is 0 Å². The molecule has 0 aliphatic carbocycles. The Balaban J connectivity index is 1.43. The summed E-state index contributed by atoms with van der Waals surface area (Å²) in [5.74, 6) is 2.71. The van der Waals surface area contributed by atoms with Crippen molar-refractivity contribution in [3.8, 4) is 0 Å². The van der Waals surface area contributed by atoms with Crippen LogP contribution < -0.4 is 29.7 Å². The van der Waals surface area contributed by atoms with E-state index in [4.69, 9.17) is 0 Å². The summed E-state index contributed by atoms with van der Waals surface area (Å²) in [6, 6.07) is 36.5. The topological polar surface area (TPSA) is 37.0 Å². The van der Waals surface area contributed by atoms with E-state index in [9.17, 15) is 0 Å². The Kier molecular flexibility index (Phi) is 14.8. The van der Waals surface area contributed by atoms with Crippen LogP contribution in [-0.2, 0) is 0 Å². The number of para-hydroxylation sites is 6. The summed E-state index contributed by atoms with van der Waals surface area (Å²) < 4.78 is 0. The smallest absolute Gasteiger partial charge is 0.387 e. The normalized spacial score (nSPS) is 14.2. The van der Waals surface area contributed by atoms with Crippen molar-refractivity contribution in [2.24, 2.45) is 0 Å². The van der Waals surface area contributed by atoms with Crippen molar-refractivity contribution in [3.05, 3.63) is 166 Å². The summed E-state index contributed by atoms with van der Waals surface area (Å²) in [6.45, 7) is 37.2. The average Bonchev–Trinajstić information content (AvgIpc) is 3.89. The van der Waals surface area contributed by atoms with Crippen LogP contribution in [0.25, 0.3) is 0 Å². The molecule has 0 radical (unpaired) electrons. The molecule has 6 nitrogen and oxygen atoms in total. The first-order valence-electron chi connectivity index (χ1n) is 25.1. The zero-order valence-corrected chi connectivity index (χ0v) is 43.1. The summed E-state index contributed by atoms with van der Waals surface area (Å²) >= 11 is 0. The van der Waals surface area contributed by atoms with Gasteiger partial charge in [0.2, 0.25) is 0 Å². The lowest BCUT2D eigenvalue weighted by Crippen LogP contribution is -2.53. The number of nitrogens with one attached hydrogen (secondary N) is 2. The fourth-order valence-corrected chi connectivity index (χ4v) is 10.2. The first-order valence-corrected chi connectivity index (χ1v) is 25.1. The Labute approximate surface area is 400 Å². The molecule has 0 bridgehead atoms. The molecule has 0 amide bonds. The zero-order chi connectivity index (χ0) is 47.7. The van der Waals surface area contributed by atoms with Crippen LogP contribution >= 0.6 is 0 Å². The van der Waals surface area contributed by atoms with Gasteiger partial charge >= 0.3 is 14.2 Å². The average molecular weight is 881 g/mol. The van der Waals surface area contributed by atoms with Gasteiger partial charge in [-0.15, -0.1) is 0 Å². The second-order valence-corrected chi connectivity index (χ2v) is 21.2. The van der Waals surface area contributed by atoms with E-state index < -0.39 is 0 Å². The Hall–Kier alpha value is -5.49. The quantitative estimate of drug-likeness (QED) is 0.0962. The van der Waals surface area contributed by atoms with Crippen molar-refractivity contribution in [1.82, 2.24) is 0 Å². The largest absolute Gasteiger partial charge is 0.510 e. The molecule has 7 rings (SSSR count). The summed E-state index contributed by atoms with van der Waals surface area (Å²) in [4.78, 5) is 10.1. The Morgan fingerprint density at radius 3 is 0.621 bits per heavy atom. The second kappa shape index (κ2) is 20.2. The van der Waals surface area contributed by atoms with Gasteiger partial charge in [-0.05, 0) is 104 Å². The molecule has 2 aliphatic heterocycles. The van der Waals surface area contributed by atoms with Crippen molar-refractivity contribution in [1.29, 1.82) is 0 Å². The highest BCUT2D eigenvalue weighted by molar-refractivity contribution is 6.74. The fraction of sp³-hybridized carbons (Fsp3) is 0.414. The molecule has 0 fully saturated rings. The molecule has 0 aromatic heterocycles. The van der Waals surface area contributed by atoms with E-state index in [0.717, 1.165) is 11.4 Å². The molecule has 0 saturated carbocycles. The molecule has 5 aromatic rings. The van der Waals surface area contributed by atoms with Gasteiger partial charge in [0, 0.05) is 58.9 Å². The van der Waals surface area contributed by atoms with E-state index in [0.29, 0.717) is 47.3 Å². The highest BCUT2D eigenvalue weighted by Crippen LogP contribution is 2.45. The van der Waals surface area contributed by atoms with Gasteiger partial charge < -0.3 is 29.7 Å². The molecule has 2 heterocycles. The summed E-state index contributed by atoms with van der Waals surface area (Å²) in [7, 11) is -0.528. The van der Waals surface area contributed by atoms with Crippen molar-refractivity contribution < 1.29 is 0 Å². The summed E-state index contributed by atoms with van der Waals surface area (Å²) in [5, 5.41) is 8.48. The molecule has 5 aromatic carbocycles. The molecule has 2 aliphatic rings. The Morgan fingerprint density at radius 1 is 0.273 bits per heavy atom. The van der Waals surface area contributed by atoms with Crippen molar-refractivity contribution in [2.45, 2.75) is 158 Å². The molecular weight excluding hydrogens is 802 g/mol. The molecule has 0 spiro atoms. The predicted molar refractivity (Wildman–Crippen MR) is 292 cm³/mol. The minimum absolute atomic E-state index is 0.264. The van der Waals surface area contributed by atoms with Gasteiger partial charge in [0.05, 0.1) is 0 Å². The third-order valence-corrected chi connectivity index (χ3v) is 13.7.